The van der Waals surface area contributed by atoms with Crippen molar-refractivity contribution in [3.8, 4) is 5.75 Å². The van der Waals surface area contributed by atoms with Gasteiger partial charge in [0.1, 0.15) is 5.75 Å². The van der Waals surface area contributed by atoms with Crippen molar-refractivity contribution in [2.75, 3.05) is 12.9 Å². The number of ether oxygens (including phenoxy) is 1. The molecule has 0 aliphatic carbocycles. The van der Waals surface area contributed by atoms with Gasteiger partial charge in [0, 0.05) is 11.5 Å². The molecule has 0 bridgehead atoms. The van der Waals surface area contributed by atoms with Crippen LogP contribution in [0.2, 0.25) is 0 Å². The van der Waals surface area contributed by atoms with Gasteiger partial charge in [0.2, 0.25) is 0 Å². The molecule has 0 amide bonds. The predicted octanol–water partition coefficient (Wildman–Crippen LogP) is 2.65. The lowest BCUT2D eigenvalue weighted by molar-refractivity contribution is -0.140. The lowest BCUT2D eigenvalue weighted by Crippen LogP contribution is -2.11. The normalized spacial score (nSPS) is 12.1. The van der Waals surface area contributed by atoms with E-state index in [0.29, 0.717) is 5.75 Å². The zero-order valence-electron chi connectivity index (χ0n) is 9.47. The fourth-order valence-electron chi connectivity index (χ4n) is 1.19. The predicted molar refractivity (Wildman–Crippen MR) is 66.0 cm³/mol. The molecule has 0 fully saturated rings. The van der Waals surface area contributed by atoms with Crippen molar-refractivity contribution in [2.45, 2.75) is 12.7 Å². The molecule has 1 aromatic rings. The standard InChI is InChI=1S/C12H16O3S/c1-9(12(13)14)7-16-8-10-4-3-5-11(6-10)15-2/h3-6,9H,7-8H2,1-2H3,(H,13,14). The third kappa shape index (κ3) is 4.14. The Hall–Kier alpha value is -1.16. The van der Waals surface area contributed by atoms with Crippen molar-refractivity contribution >= 4 is 17.7 Å². The third-order valence-electron chi connectivity index (χ3n) is 2.19. The second-order valence-electron chi connectivity index (χ2n) is 3.61. The Morgan fingerprint density at radius 3 is 2.94 bits per heavy atom. The van der Waals surface area contributed by atoms with Crippen LogP contribution >= 0.6 is 11.8 Å². The molecule has 1 atom stereocenters. The quantitative estimate of drug-likeness (QED) is 0.830. The maximum atomic E-state index is 10.6. The molecule has 0 aliphatic rings. The highest BCUT2D eigenvalue weighted by atomic mass is 32.2. The highest BCUT2D eigenvalue weighted by Gasteiger charge is 2.10. The van der Waals surface area contributed by atoms with E-state index in [-0.39, 0.29) is 5.92 Å². The van der Waals surface area contributed by atoms with Crippen LogP contribution in [0.3, 0.4) is 0 Å². The average Bonchev–Trinajstić information content (AvgIpc) is 2.29. The van der Waals surface area contributed by atoms with Gasteiger partial charge in [-0.05, 0) is 17.7 Å². The van der Waals surface area contributed by atoms with Gasteiger partial charge in [-0.2, -0.15) is 11.8 Å². The fourth-order valence-corrected chi connectivity index (χ4v) is 2.22. The van der Waals surface area contributed by atoms with Crippen molar-refractivity contribution in [3.05, 3.63) is 29.8 Å². The number of hydrogen-bond donors (Lipinski definition) is 1. The van der Waals surface area contributed by atoms with Crippen molar-refractivity contribution < 1.29 is 14.6 Å². The van der Waals surface area contributed by atoms with Gasteiger partial charge in [-0.15, -0.1) is 0 Å². The summed E-state index contributed by atoms with van der Waals surface area (Å²) in [5, 5.41) is 8.73. The second-order valence-corrected chi connectivity index (χ2v) is 4.64. The molecule has 88 valence electrons. The van der Waals surface area contributed by atoms with Crippen LogP contribution in [0.15, 0.2) is 24.3 Å². The van der Waals surface area contributed by atoms with Crippen molar-refractivity contribution in [2.24, 2.45) is 5.92 Å². The van der Waals surface area contributed by atoms with Crippen molar-refractivity contribution in [3.63, 3.8) is 0 Å². The first-order chi connectivity index (χ1) is 7.63. The van der Waals surface area contributed by atoms with E-state index in [1.165, 1.54) is 0 Å². The van der Waals surface area contributed by atoms with Gasteiger partial charge in [0.25, 0.3) is 0 Å². The van der Waals surface area contributed by atoms with Crippen molar-refractivity contribution in [1.82, 2.24) is 0 Å². The zero-order valence-corrected chi connectivity index (χ0v) is 10.3. The summed E-state index contributed by atoms with van der Waals surface area (Å²) in [6.07, 6.45) is 0. The van der Waals surface area contributed by atoms with Gasteiger partial charge in [-0.1, -0.05) is 19.1 Å². The van der Waals surface area contributed by atoms with Gasteiger partial charge >= 0.3 is 5.97 Å². The second kappa shape index (κ2) is 6.43. The summed E-state index contributed by atoms with van der Waals surface area (Å²) >= 11 is 1.63. The Kier molecular flexibility index (Phi) is 5.19. The Labute approximate surface area is 99.8 Å². The van der Waals surface area contributed by atoms with Crippen LogP contribution in [0.4, 0.5) is 0 Å². The van der Waals surface area contributed by atoms with Crippen LogP contribution in [0, 0.1) is 5.92 Å². The van der Waals surface area contributed by atoms with Gasteiger partial charge in [0.15, 0.2) is 0 Å². The monoisotopic (exact) mass is 240 g/mol. The molecule has 4 heteroatoms. The minimum absolute atomic E-state index is 0.296. The minimum Gasteiger partial charge on any atom is -0.497 e. The molecule has 0 aliphatic heterocycles. The topological polar surface area (TPSA) is 46.5 Å². The zero-order chi connectivity index (χ0) is 12.0. The molecule has 0 saturated heterocycles. The summed E-state index contributed by atoms with van der Waals surface area (Å²) in [5.74, 6) is 1.25. The van der Waals surface area contributed by atoms with Crippen LogP contribution in [0.25, 0.3) is 0 Å². The van der Waals surface area contributed by atoms with E-state index < -0.39 is 5.97 Å². The van der Waals surface area contributed by atoms with E-state index in [4.69, 9.17) is 9.84 Å². The summed E-state index contributed by atoms with van der Waals surface area (Å²) < 4.78 is 5.12. The molecule has 3 nitrogen and oxygen atoms in total. The van der Waals surface area contributed by atoms with Gasteiger partial charge in [-0.3, -0.25) is 4.79 Å². The van der Waals surface area contributed by atoms with Crippen LogP contribution in [0.1, 0.15) is 12.5 Å². The average molecular weight is 240 g/mol. The summed E-state index contributed by atoms with van der Waals surface area (Å²) in [6.45, 7) is 1.72. The Morgan fingerprint density at radius 2 is 2.31 bits per heavy atom. The van der Waals surface area contributed by atoms with E-state index in [2.05, 4.69) is 0 Å². The highest BCUT2D eigenvalue weighted by Crippen LogP contribution is 2.19. The Bertz CT molecular complexity index is 352. The summed E-state index contributed by atoms with van der Waals surface area (Å²) in [5.41, 5.74) is 1.15. The fraction of sp³-hybridized carbons (Fsp3) is 0.417. The molecule has 0 aromatic heterocycles. The first kappa shape index (κ1) is 12.9. The maximum absolute atomic E-state index is 10.6. The van der Waals surface area contributed by atoms with E-state index in [0.717, 1.165) is 17.1 Å². The number of aliphatic carboxylic acids is 1. The molecule has 0 spiro atoms. The summed E-state index contributed by atoms with van der Waals surface area (Å²) in [7, 11) is 1.64. The van der Waals surface area contributed by atoms with Crippen molar-refractivity contribution in [1.29, 1.82) is 0 Å². The van der Waals surface area contributed by atoms with Gasteiger partial charge < -0.3 is 9.84 Å². The number of rotatable bonds is 6. The highest BCUT2D eigenvalue weighted by molar-refractivity contribution is 7.98. The molecule has 0 saturated carbocycles. The Balaban J connectivity index is 2.39. The first-order valence-corrected chi connectivity index (χ1v) is 6.22. The summed E-state index contributed by atoms with van der Waals surface area (Å²) in [4.78, 5) is 10.6. The lowest BCUT2D eigenvalue weighted by Gasteiger charge is -2.06. The Morgan fingerprint density at radius 1 is 1.56 bits per heavy atom. The smallest absolute Gasteiger partial charge is 0.307 e. The molecule has 1 unspecified atom stereocenters. The molecular formula is C12H16O3S. The number of thioether (sulfide) groups is 1. The number of carbonyl (C=O) groups is 1. The third-order valence-corrected chi connectivity index (χ3v) is 3.47. The molecule has 1 aromatic carbocycles. The van der Waals surface area contributed by atoms with E-state index >= 15 is 0 Å². The van der Waals surface area contributed by atoms with E-state index in [9.17, 15) is 4.79 Å². The van der Waals surface area contributed by atoms with Gasteiger partial charge in [-0.25, -0.2) is 0 Å². The van der Waals surface area contributed by atoms with Crippen LogP contribution < -0.4 is 4.74 Å². The molecular weight excluding hydrogens is 224 g/mol. The first-order valence-electron chi connectivity index (χ1n) is 5.07. The number of methoxy groups -OCH3 is 1. The molecule has 0 heterocycles. The largest absolute Gasteiger partial charge is 0.497 e. The van der Waals surface area contributed by atoms with E-state index in [1.807, 2.05) is 24.3 Å². The molecule has 16 heavy (non-hydrogen) atoms. The molecule has 0 radical (unpaired) electrons. The number of benzene rings is 1. The number of carboxylic acids is 1. The number of carboxylic acid groups (broad SMARTS) is 1. The summed E-state index contributed by atoms with van der Waals surface area (Å²) in [6, 6.07) is 7.82. The van der Waals surface area contributed by atoms with Crippen LogP contribution in [-0.2, 0) is 10.5 Å². The lowest BCUT2D eigenvalue weighted by atomic mass is 10.2. The maximum Gasteiger partial charge on any atom is 0.307 e. The van der Waals surface area contributed by atoms with Crippen LogP contribution in [-0.4, -0.2) is 23.9 Å². The number of hydrogen-bond acceptors (Lipinski definition) is 3. The molecule has 1 rings (SSSR count). The minimum atomic E-state index is -0.738. The van der Waals surface area contributed by atoms with Gasteiger partial charge in [0.05, 0.1) is 13.0 Å². The van der Waals surface area contributed by atoms with E-state index in [1.54, 1.807) is 25.8 Å². The SMILES string of the molecule is COc1cccc(CSCC(C)C(=O)O)c1. The molecule has 1 N–H and O–H groups in total. The van der Waals surface area contributed by atoms with Crippen LogP contribution in [0.5, 0.6) is 5.75 Å².